The van der Waals surface area contributed by atoms with Gasteiger partial charge in [0.1, 0.15) is 5.69 Å². The Labute approximate surface area is 125 Å². The molecule has 6 nitrogen and oxygen atoms in total. The van der Waals surface area contributed by atoms with Gasteiger partial charge in [0.15, 0.2) is 0 Å². The lowest BCUT2D eigenvalue weighted by Crippen LogP contribution is -2.41. The van der Waals surface area contributed by atoms with Gasteiger partial charge in [-0.3, -0.25) is 4.79 Å². The standard InChI is InChI=1S/C15H24N2O4/c1-6-9(2)17(7-8-21-5)14(18)12-10(3)13(15(19)20)16-11(12)4/h9,16H,6-8H2,1-5H3,(H,19,20). The first-order valence-corrected chi connectivity index (χ1v) is 7.07. The average molecular weight is 296 g/mol. The summed E-state index contributed by atoms with van der Waals surface area (Å²) in [6.07, 6.45) is 0.823. The molecule has 0 spiro atoms. The number of aromatic amines is 1. The summed E-state index contributed by atoms with van der Waals surface area (Å²) in [5.41, 5.74) is 1.59. The van der Waals surface area contributed by atoms with E-state index in [0.29, 0.717) is 30.0 Å². The summed E-state index contributed by atoms with van der Waals surface area (Å²) in [5.74, 6) is -1.21. The number of aromatic carboxylic acids is 1. The molecule has 1 amide bonds. The second-order valence-corrected chi connectivity index (χ2v) is 5.18. The summed E-state index contributed by atoms with van der Waals surface area (Å²) in [5, 5.41) is 9.14. The first kappa shape index (κ1) is 17.2. The molecular weight excluding hydrogens is 272 g/mol. The molecule has 1 rings (SSSR count). The number of aromatic nitrogens is 1. The first-order chi connectivity index (χ1) is 9.84. The fourth-order valence-corrected chi connectivity index (χ4v) is 2.36. The van der Waals surface area contributed by atoms with Crippen LogP contribution in [-0.2, 0) is 4.74 Å². The van der Waals surface area contributed by atoms with Gasteiger partial charge in [-0.2, -0.15) is 0 Å². The van der Waals surface area contributed by atoms with Gasteiger partial charge in [-0.1, -0.05) is 6.92 Å². The molecule has 0 aliphatic heterocycles. The molecule has 6 heteroatoms. The van der Waals surface area contributed by atoms with Crippen LogP contribution in [-0.4, -0.2) is 53.2 Å². The number of methoxy groups -OCH3 is 1. The van der Waals surface area contributed by atoms with Crippen LogP contribution in [0.15, 0.2) is 0 Å². The second-order valence-electron chi connectivity index (χ2n) is 5.18. The second kappa shape index (κ2) is 7.26. The van der Waals surface area contributed by atoms with E-state index in [9.17, 15) is 9.59 Å². The maximum absolute atomic E-state index is 12.8. The van der Waals surface area contributed by atoms with Gasteiger partial charge in [0, 0.05) is 25.4 Å². The van der Waals surface area contributed by atoms with Crippen LogP contribution < -0.4 is 0 Å². The van der Waals surface area contributed by atoms with Crippen LogP contribution in [0.25, 0.3) is 0 Å². The Morgan fingerprint density at radius 2 is 2.00 bits per heavy atom. The molecule has 0 aromatic carbocycles. The van der Waals surface area contributed by atoms with Crippen molar-refractivity contribution in [2.24, 2.45) is 0 Å². The van der Waals surface area contributed by atoms with E-state index in [1.807, 2.05) is 13.8 Å². The van der Waals surface area contributed by atoms with E-state index >= 15 is 0 Å². The third kappa shape index (κ3) is 3.64. The number of nitrogens with zero attached hydrogens (tertiary/aromatic N) is 1. The molecule has 0 aliphatic carbocycles. The maximum atomic E-state index is 12.8. The molecule has 0 radical (unpaired) electrons. The quantitative estimate of drug-likeness (QED) is 0.808. The molecule has 1 heterocycles. The molecule has 0 bridgehead atoms. The predicted octanol–water partition coefficient (Wildman–Crippen LogP) is 2.22. The molecule has 0 saturated heterocycles. The van der Waals surface area contributed by atoms with Crippen molar-refractivity contribution < 1.29 is 19.4 Å². The fraction of sp³-hybridized carbons (Fsp3) is 0.600. The van der Waals surface area contributed by atoms with Crippen LogP contribution in [0.1, 0.15) is 52.4 Å². The van der Waals surface area contributed by atoms with Gasteiger partial charge in [0.2, 0.25) is 0 Å². The highest BCUT2D eigenvalue weighted by molar-refractivity contribution is 6.01. The van der Waals surface area contributed by atoms with Gasteiger partial charge >= 0.3 is 5.97 Å². The molecule has 1 aromatic rings. The van der Waals surface area contributed by atoms with Crippen molar-refractivity contribution in [1.29, 1.82) is 0 Å². The van der Waals surface area contributed by atoms with E-state index in [0.717, 1.165) is 6.42 Å². The molecule has 0 fully saturated rings. The number of carboxylic acids is 1. The summed E-state index contributed by atoms with van der Waals surface area (Å²) in [6, 6.07) is 0.0645. The largest absolute Gasteiger partial charge is 0.477 e. The van der Waals surface area contributed by atoms with Gasteiger partial charge in [-0.25, -0.2) is 4.79 Å². The zero-order chi connectivity index (χ0) is 16.2. The highest BCUT2D eigenvalue weighted by atomic mass is 16.5. The highest BCUT2D eigenvalue weighted by Gasteiger charge is 2.27. The van der Waals surface area contributed by atoms with E-state index in [4.69, 9.17) is 9.84 Å². The number of carboxylic acid groups (broad SMARTS) is 1. The first-order valence-electron chi connectivity index (χ1n) is 7.07. The lowest BCUT2D eigenvalue weighted by molar-refractivity contribution is 0.0612. The average Bonchev–Trinajstić information content (AvgIpc) is 2.73. The number of amides is 1. The van der Waals surface area contributed by atoms with Crippen molar-refractivity contribution in [2.75, 3.05) is 20.3 Å². The number of carbonyl (C=O) groups is 2. The smallest absolute Gasteiger partial charge is 0.352 e. The van der Waals surface area contributed by atoms with Gasteiger partial charge in [-0.15, -0.1) is 0 Å². The van der Waals surface area contributed by atoms with Crippen LogP contribution >= 0.6 is 0 Å². The van der Waals surface area contributed by atoms with E-state index in [2.05, 4.69) is 4.98 Å². The van der Waals surface area contributed by atoms with Gasteiger partial charge < -0.3 is 19.7 Å². The van der Waals surface area contributed by atoms with Crippen molar-refractivity contribution in [3.05, 3.63) is 22.5 Å². The molecule has 2 N–H and O–H groups in total. The minimum atomic E-state index is -1.05. The van der Waals surface area contributed by atoms with E-state index in [1.54, 1.807) is 25.9 Å². The predicted molar refractivity (Wildman–Crippen MR) is 79.9 cm³/mol. The molecule has 0 aliphatic rings. The van der Waals surface area contributed by atoms with Crippen LogP contribution in [0.2, 0.25) is 0 Å². The highest BCUT2D eigenvalue weighted by Crippen LogP contribution is 2.21. The molecule has 1 unspecified atom stereocenters. The van der Waals surface area contributed by atoms with Crippen molar-refractivity contribution in [2.45, 2.75) is 40.2 Å². The minimum Gasteiger partial charge on any atom is -0.477 e. The van der Waals surface area contributed by atoms with Crippen molar-refractivity contribution in [1.82, 2.24) is 9.88 Å². The Bertz CT molecular complexity index is 522. The zero-order valence-corrected chi connectivity index (χ0v) is 13.3. The summed E-state index contributed by atoms with van der Waals surface area (Å²) in [7, 11) is 1.59. The number of aryl methyl sites for hydroxylation is 1. The number of ether oxygens (including phenoxy) is 1. The summed E-state index contributed by atoms with van der Waals surface area (Å²) in [6.45, 7) is 8.30. The summed E-state index contributed by atoms with van der Waals surface area (Å²) in [4.78, 5) is 28.5. The Morgan fingerprint density at radius 1 is 1.38 bits per heavy atom. The topological polar surface area (TPSA) is 82.6 Å². The van der Waals surface area contributed by atoms with Crippen molar-refractivity contribution in [3.8, 4) is 0 Å². The lowest BCUT2D eigenvalue weighted by atomic mass is 10.1. The minimum absolute atomic E-state index is 0.0645. The Hall–Kier alpha value is -1.82. The number of carbonyl (C=O) groups excluding carboxylic acids is 1. The molecular formula is C15H24N2O4. The normalized spacial score (nSPS) is 12.2. The monoisotopic (exact) mass is 296 g/mol. The van der Waals surface area contributed by atoms with Gasteiger partial charge in [0.05, 0.1) is 12.2 Å². The Balaban J connectivity index is 3.17. The fourth-order valence-electron chi connectivity index (χ4n) is 2.36. The molecule has 0 saturated carbocycles. The van der Waals surface area contributed by atoms with Crippen LogP contribution in [0, 0.1) is 13.8 Å². The number of hydrogen-bond acceptors (Lipinski definition) is 3. The van der Waals surface area contributed by atoms with E-state index < -0.39 is 5.97 Å². The molecule has 21 heavy (non-hydrogen) atoms. The SMILES string of the molecule is CCC(C)N(CCOC)C(=O)c1c(C)[nH]c(C(=O)O)c1C. The zero-order valence-electron chi connectivity index (χ0n) is 13.3. The third-order valence-electron chi connectivity index (χ3n) is 3.79. The summed E-state index contributed by atoms with van der Waals surface area (Å²) < 4.78 is 5.06. The van der Waals surface area contributed by atoms with Crippen LogP contribution in [0.3, 0.4) is 0 Å². The van der Waals surface area contributed by atoms with Crippen LogP contribution in [0.4, 0.5) is 0 Å². The van der Waals surface area contributed by atoms with E-state index in [1.165, 1.54) is 0 Å². The number of nitrogens with one attached hydrogen (secondary N) is 1. The van der Waals surface area contributed by atoms with Crippen molar-refractivity contribution in [3.63, 3.8) is 0 Å². The number of H-pyrrole nitrogens is 1. The maximum Gasteiger partial charge on any atom is 0.352 e. The Kier molecular flexibility index (Phi) is 5.96. The number of hydrogen-bond donors (Lipinski definition) is 2. The van der Waals surface area contributed by atoms with Gasteiger partial charge in [-0.05, 0) is 32.8 Å². The lowest BCUT2D eigenvalue weighted by Gasteiger charge is -2.28. The number of rotatable bonds is 7. The van der Waals surface area contributed by atoms with Crippen molar-refractivity contribution >= 4 is 11.9 Å². The third-order valence-corrected chi connectivity index (χ3v) is 3.79. The molecule has 1 atom stereocenters. The van der Waals surface area contributed by atoms with E-state index in [-0.39, 0.29) is 17.6 Å². The summed E-state index contributed by atoms with van der Waals surface area (Å²) >= 11 is 0. The molecule has 1 aromatic heterocycles. The Morgan fingerprint density at radius 3 is 2.43 bits per heavy atom. The van der Waals surface area contributed by atoms with Crippen LogP contribution in [0.5, 0.6) is 0 Å². The van der Waals surface area contributed by atoms with Gasteiger partial charge in [0.25, 0.3) is 5.91 Å². The molecule has 118 valence electrons.